The number of hydrogen-bond donors (Lipinski definition) is 1. The van der Waals surface area contributed by atoms with Gasteiger partial charge >= 0.3 is 0 Å². The van der Waals surface area contributed by atoms with Crippen molar-refractivity contribution < 1.29 is 33.6 Å². The van der Waals surface area contributed by atoms with Crippen molar-refractivity contribution in [3.8, 4) is 0 Å². The Morgan fingerprint density at radius 2 is 1.80 bits per heavy atom. The fraction of sp³-hybridized carbons (Fsp3) is 0.500. The van der Waals surface area contributed by atoms with Crippen molar-refractivity contribution in [2.75, 3.05) is 27.2 Å². The fourth-order valence-electron chi connectivity index (χ4n) is 1.60. The number of quaternary nitrogens is 1. The number of likely N-dealkylation sites (N-methyl/N-ethyl adjacent to an activating group) is 1. The molecule has 1 rings (SSSR count). The molecule has 15 heavy (non-hydrogen) atoms. The molecule has 0 saturated heterocycles. The lowest BCUT2D eigenvalue weighted by Gasteiger charge is -2.29. The highest BCUT2D eigenvalue weighted by atomic mass is 127. The number of nitrogens with zero attached hydrogens (tertiary/aromatic N) is 1. The normalized spacial score (nSPS) is 10.9. The number of benzene rings is 1. The van der Waals surface area contributed by atoms with E-state index in [4.69, 9.17) is 5.11 Å². The number of halogens is 1. The fourth-order valence-corrected chi connectivity index (χ4v) is 1.60. The summed E-state index contributed by atoms with van der Waals surface area (Å²) in [6.07, 6.45) is 0. The summed E-state index contributed by atoms with van der Waals surface area (Å²) in [6, 6.07) is 8.42. The van der Waals surface area contributed by atoms with Gasteiger partial charge in [-0.05, 0) is 12.5 Å². The van der Waals surface area contributed by atoms with Gasteiger partial charge in [0.05, 0.1) is 20.7 Å². The summed E-state index contributed by atoms with van der Waals surface area (Å²) < 4.78 is 0.835. The molecule has 0 atom stereocenters. The largest absolute Gasteiger partial charge is 1.00 e. The molecule has 2 nitrogen and oxygen atoms in total. The van der Waals surface area contributed by atoms with Crippen LogP contribution < -0.4 is 24.0 Å². The molecular formula is C12H20INO. The zero-order valence-corrected chi connectivity index (χ0v) is 11.9. The zero-order chi connectivity index (χ0) is 10.6. The molecule has 0 aliphatic carbocycles. The van der Waals surface area contributed by atoms with Gasteiger partial charge in [-0.2, -0.15) is 0 Å². The Bertz CT molecular complexity index is 299. The molecule has 0 heterocycles. The van der Waals surface area contributed by atoms with E-state index in [2.05, 4.69) is 45.3 Å². The molecule has 3 heteroatoms. The number of hydrogen-bond acceptors (Lipinski definition) is 1. The summed E-state index contributed by atoms with van der Waals surface area (Å²) in [5, 5.41) is 8.93. The van der Waals surface area contributed by atoms with Crippen molar-refractivity contribution >= 4 is 0 Å². The van der Waals surface area contributed by atoms with Crippen LogP contribution in [-0.2, 0) is 6.54 Å². The predicted molar refractivity (Wildman–Crippen MR) is 58.9 cm³/mol. The van der Waals surface area contributed by atoms with Gasteiger partial charge in [0.25, 0.3) is 0 Å². The van der Waals surface area contributed by atoms with Gasteiger partial charge in [-0.25, -0.2) is 0 Å². The molecule has 0 saturated carbocycles. The van der Waals surface area contributed by atoms with Crippen LogP contribution >= 0.6 is 0 Å². The second kappa shape index (κ2) is 6.45. The van der Waals surface area contributed by atoms with Crippen LogP contribution in [0.5, 0.6) is 0 Å². The number of aryl methyl sites for hydroxylation is 1. The van der Waals surface area contributed by atoms with Crippen molar-refractivity contribution in [2.24, 2.45) is 0 Å². The number of rotatable bonds is 4. The first-order chi connectivity index (χ1) is 6.55. The second-order valence-electron chi connectivity index (χ2n) is 4.47. The van der Waals surface area contributed by atoms with E-state index in [9.17, 15) is 0 Å². The third kappa shape index (κ3) is 4.95. The minimum absolute atomic E-state index is 0. The maximum atomic E-state index is 8.93. The third-order valence-electron chi connectivity index (χ3n) is 2.56. The third-order valence-corrected chi connectivity index (χ3v) is 2.56. The zero-order valence-electron chi connectivity index (χ0n) is 9.70. The van der Waals surface area contributed by atoms with Gasteiger partial charge < -0.3 is 33.6 Å². The van der Waals surface area contributed by atoms with Crippen LogP contribution in [0.1, 0.15) is 11.1 Å². The Kier molecular flexibility index (Phi) is 6.40. The van der Waals surface area contributed by atoms with E-state index in [-0.39, 0.29) is 30.6 Å². The average molecular weight is 321 g/mol. The Labute approximate surface area is 110 Å². The standard InChI is InChI=1S/C12H20NO.HI/c1-11-6-4-5-7-12(11)10-13(2,3)8-9-14;/h4-7,14H,8-10H2,1-3H3;1H/q+1;/p-1. The van der Waals surface area contributed by atoms with Gasteiger partial charge in [-0.1, -0.05) is 24.3 Å². The lowest BCUT2D eigenvalue weighted by Crippen LogP contribution is -3.00. The van der Waals surface area contributed by atoms with Crippen molar-refractivity contribution in [3.05, 3.63) is 35.4 Å². The lowest BCUT2D eigenvalue weighted by atomic mass is 10.1. The van der Waals surface area contributed by atoms with Crippen LogP contribution in [0.25, 0.3) is 0 Å². The molecule has 0 fully saturated rings. The van der Waals surface area contributed by atoms with E-state index in [0.717, 1.165) is 17.6 Å². The molecule has 0 aliphatic rings. The van der Waals surface area contributed by atoms with Crippen LogP contribution in [0, 0.1) is 6.92 Å². The molecule has 0 radical (unpaired) electrons. The quantitative estimate of drug-likeness (QED) is 0.533. The number of aliphatic hydroxyl groups excluding tert-OH is 1. The molecule has 0 aliphatic heterocycles. The van der Waals surface area contributed by atoms with E-state index in [1.165, 1.54) is 11.1 Å². The molecule has 0 aromatic heterocycles. The Hall–Kier alpha value is -0.130. The van der Waals surface area contributed by atoms with Crippen LogP contribution in [0.2, 0.25) is 0 Å². The van der Waals surface area contributed by atoms with Gasteiger partial charge in [0.15, 0.2) is 0 Å². The first-order valence-corrected chi connectivity index (χ1v) is 5.02. The van der Waals surface area contributed by atoms with Crippen molar-refractivity contribution in [1.29, 1.82) is 0 Å². The highest BCUT2D eigenvalue weighted by molar-refractivity contribution is 5.24. The summed E-state index contributed by atoms with van der Waals surface area (Å²) in [7, 11) is 4.28. The lowest BCUT2D eigenvalue weighted by molar-refractivity contribution is -0.903. The first-order valence-electron chi connectivity index (χ1n) is 5.02. The molecule has 0 unspecified atom stereocenters. The minimum atomic E-state index is 0. The van der Waals surface area contributed by atoms with E-state index >= 15 is 0 Å². The molecule has 1 aromatic carbocycles. The van der Waals surface area contributed by atoms with Gasteiger partial charge in [0.2, 0.25) is 0 Å². The van der Waals surface area contributed by atoms with Gasteiger partial charge in [0, 0.05) is 5.56 Å². The summed E-state index contributed by atoms with van der Waals surface area (Å²) in [5.74, 6) is 0. The van der Waals surface area contributed by atoms with E-state index in [1.54, 1.807) is 0 Å². The van der Waals surface area contributed by atoms with Crippen molar-refractivity contribution in [1.82, 2.24) is 0 Å². The summed E-state index contributed by atoms with van der Waals surface area (Å²) in [6.45, 7) is 4.16. The van der Waals surface area contributed by atoms with Crippen molar-refractivity contribution in [2.45, 2.75) is 13.5 Å². The van der Waals surface area contributed by atoms with Gasteiger partial charge in [-0.15, -0.1) is 0 Å². The average Bonchev–Trinajstić information content (AvgIpc) is 2.08. The number of aliphatic hydroxyl groups is 1. The van der Waals surface area contributed by atoms with Crippen LogP contribution in [0.15, 0.2) is 24.3 Å². The summed E-state index contributed by atoms with van der Waals surface area (Å²) in [5.41, 5.74) is 2.70. The summed E-state index contributed by atoms with van der Waals surface area (Å²) >= 11 is 0. The summed E-state index contributed by atoms with van der Waals surface area (Å²) in [4.78, 5) is 0. The van der Waals surface area contributed by atoms with E-state index in [0.29, 0.717) is 0 Å². The predicted octanol–water partition coefficient (Wildman–Crippen LogP) is -1.43. The minimum Gasteiger partial charge on any atom is -1.00 e. The second-order valence-corrected chi connectivity index (χ2v) is 4.47. The molecular weight excluding hydrogens is 301 g/mol. The van der Waals surface area contributed by atoms with Crippen LogP contribution in [-0.4, -0.2) is 36.8 Å². The SMILES string of the molecule is Cc1ccccc1C[N+](C)(C)CCO.[I-]. The molecule has 0 amide bonds. The van der Waals surface area contributed by atoms with Gasteiger partial charge in [0.1, 0.15) is 13.1 Å². The smallest absolute Gasteiger partial charge is 0.104 e. The maximum Gasteiger partial charge on any atom is 0.104 e. The molecule has 0 bridgehead atoms. The van der Waals surface area contributed by atoms with Crippen LogP contribution in [0.4, 0.5) is 0 Å². The Morgan fingerprint density at radius 3 is 2.33 bits per heavy atom. The molecule has 1 N–H and O–H groups in total. The first kappa shape index (κ1) is 14.9. The molecule has 86 valence electrons. The van der Waals surface area contributed by atoms with Crippen molar-refractivity contribution in [3.63, 3.8) is 0 Å². The molecule has 1 aromatic rings. The van der Waals surface area contributed by atoms with E-state index in [1.807, 2.05) is 0 Å². The monoisotopic (exact) mass is 321 g/mol. The maximum absolute atomic E-state index is 8.93. The highest BCUT2D eigenvalue weighted by Gasteiger charge is 2.15. The van der Waals surface area contributed by atoms with Gasteiger partial charge in [-0.3, -0.25) is 0 Å². The molecule has 0 spiro atoms. The van der Waals surface area contributed by atoms with Crippen LogP contribution in [0.3, 0.4) is 0 Å². The Morgan fingerprint density at radius 1 is 1.20 bits per heavy atom. The topological polar surface area (TPSA) is 20.2 Å². The van der Waals surface area contributed by atoms with E-state index < -0.39 is 0 Å². The highest BCUT2D eigenvalue weighted by Crippen LogP contribution is 2.12. The Balaban J connectivity index is 0.00000196.